The predicted molar refractivity (Wildman–Crippen MR) is 98.8 cm³/mol. The molecule has 0 amide bonds. The summed E-state index contributed by atoms with van der Waals surface area (Å²) in [6, 6.07) is 17.1. The topological polar surface area (TPSA) is 44.8 Å². The van der Waals surface area contributed by atoms with Crippen molar-refractivity contribution in [3.05, 3.63) is 69.3 Å². The second-order valence-electron chi connectivity index (χ2n) is 5.00. The fourth-order valence-electron chi connectivity index (χ4n) is 2.50. The molecule has 120 valence electrons. The number of methoxy groups -OCH3 is 1. The molecule has 1 heterocycles. The van der Waals surface area contributed by atoms with Crippen molar-refractivity contribution < 1.29 is 18.3 Å². The van der Waals surface area contributed by atoms with Crippen molar-refractivity contribution in [2.45, 2.75) is 6.10 Å². The minimum Gasteiger partial charge on any atom is -0.497 e. The molecule has 6 heteroatoms. The van der Waals surface area contributed by atoms with Gasteiger partial charge in [-0.2, -0.15) is 0 Å². The van der Waals surface area contributed by atoms with Gasteiger partial charge in [0, 0.05) is 10.7 Å². The zero-order valence-corrected chi connectivity index (χ0v) is 15.8. The quantitative estimate of drug-likeness (QED) is 0.470. The van der Waals surface area contributed by atoms with Gasteiger partial charge in [0.1, 0.15) is 11.9 Å². The van der Waals surface area contributed by atoms with Crippen LogP contribution in [0.2, 0.25) is 0 Å². The Bertz CT molecular complexity index is 771. The molecule has 0 radical (unpaired) electrons. The fraction of sp³-hybridized carbons (Fsp3) is 0.176. The third-order valence-corrected chi connectivity index (χ3v) is 7.23. The van der Waals surface area contributed by atoms with Crippen molar-refractivity contribution >= 4 is 35.5 Å². The average molecular weight is 442 g/mol. The van der Waals surface area contributed by atoms with Gasteiger partial charge in [-0.05, 0) is 45.9 Å². The van der Waals surface area contributed by atoms with Crippen molar-refractivity contribution in [3.8, 4) is 5.75 Å². The lowest BCUT2D eigenvalue weighted by atomic mass is 10.1. The first kappa shape index (κ1) is 16.7. The molecular formula is C17H16IO4P. The molecule has 0 saturated heterocycles. The van der Waals surface area contributed by atoms with Crippen molar-refractivity contribution in [2.75, 3.05) is 14.2 Å². The third-order valence-electron chi connectivity index (χ3n) is 3.68. The van der Waals surface area contributed by atoms with Crippen LogP contribution in [0.25, 0.3) is 5.31 Å². The molecule has 4 nitrogen and oxygen atoms in total. The van der Waals surface area contributed by atoms with Crippen LogP contribution in [0, 0.1) is 0 Å². The molecule has 0 aliphatic carbocycles. The number of halogens is 1. The average Bonchev–Trinajstić information content (AvgIpc) is 2.87. The largest absolute Gasteiger partial charge is 0.497 e. The lowest BCUT2D eigenvalue weighted by Gasteiger charge is -2.15. The Balaban J connectivity index is 2.07. The molecule has 2 aromatic rings. The summed E-state index contributed by atoms with van der Waals surface area (Å²) < 4.78 is 30.3. The molecule has 0 bridgehead atoms. The van der Waals surface area contributed by atoms with E-state index in [4.69, 9.17) is 13.8 Å². The molecule has 0 saturated carbocycles. The maximum Gasteiger partial charge on any atom is 0.363 e. The molecule has 1 aliphatic rings. The van der Waals surface area contributed by atoms with E-state index in [1.165, 1.54) is 7.11 Å². The first-order valence-electron chi connectivity index (χ1n) is 7.03. The molecule has 2 unspecified atom stereocenters. The SMILES string of the molecule is COc1ccc(C2OP(=O)(OC)C(c3ccccc3)=C2I)cc1. The van der Waals surface area contributed by atoms with Gasteiger partial charge >= 0.3 is 7.60 Å². The van der Waals surface area contributed by atoms with Gasteiger partial charge in [0.15, 0.2) is 0 Å². The van der Waals surface area contributed by atoms with E-state index in [1.54, 1.807) is 7.11 Å². The Morgan fingerprint density at radius 2 is 1.70 bits per heavy atom. The number of benzene rings is 2. The standard InChI is InChI=1S/C17H16IO4P/c1-20-14-10-8-12(9-11-14)16-15(18)17(23(19,21-2)22-16)13-6-4-3-5-7-13/h3-11,16H,1-2H3. The normalized spacial score (nSPS) is 24.0. The lowest BCUT2D eigenvalue weighted by Crippen LogP contribution is -1.97. The molecule has 23 heavy (non-hydrogen) atoms. The van der Waals surface area contributed by atoms with Gasteiger partial charge < -0.3 is 9.26 Å². The van der Waals surface area contributed by atoms with Gasteiger partial charge in [0.25, 0.3) is 0 Å². The number of hydrogen-bond acceptors (Lipinski definition) is 4. The van der Waals surface area contributed by atoms with Gasteiger partial charge in [-0.1, -0.05) is 42.5 Å². The fourth-order valence-corrected chi connectivity index (χ4v) is 6.11. The van der Waals surface area contributed by atoms with Crippen molar-refractivity contribution in [3.63, 3.8) is 0 Å². The Labute approximate surface area is 149 Å². The van der Waals surface area contributed by atoms with Crippen LogP contribution in [-0.4, -0.2) is 14.2 Å². The highest BCUT2D eigenvalue weighted by atomic mass is 127. The molecular weight excluding hydrogens is 426 g/mol. The summed E-state index contributed by atoms with van der Waals surface area (Å²) in [5.74, 6) is 0.768. The van der Waals surface area contributed by atoms with E-state index in [0.717, 1.165) is 20.5 Å². The highest BCUT2D eigenvalue weighted by molar-refractivity contribution is 14.1. The van der Waals surface area contributed by atoms with Gasteiger partial charge in [-0.25, -0.2) is 0 Å². The van der Waals surface area contributed by atoms with Crippen LogP contribution in [0.4, 0.5) is 0 Å². The first-order chi connectivity index (χ1) is 11.1. The van der Waals surface area contributed by atoms with E-state index in [9.17, 15) is 4.57 Å². The molecule has 0 fully saturated rings. The van der Waals surface area contributed by atoms with Crippen LogP contribution in [0.5, 0.6) is 5.75 Å². The van der Waals surface area contributed by atoms with Crippen LogP contribution in [0.3, 0.4) is 0 Å². The Kier molecular flexibility index (Phi) is 4.92. The zero-order chi connectivity index (χ0) is 16.4. The van der Waals surface area contributed by atoms with Crippen LogP contribution in [0.1, 0.15) is 17.2 Å². The monoisotopic (exact) mass is 442 g/mol. The van der Waals surface area contributed by atoms with Crippen LogP contribution < -0.4 is 4.74 Å². The molecule has 3 rings (SSSR count). The number of rotatable bonds is 4. The summed E-state index contributed by atoms with van der Waals surface area (Å²) >= 11 is 2.20. The van der Waals surface area contributed by atoms with Crippen molar-refractivity contribution in [2.24, 2.45) is 0 Å². The van der Waals surface area contributed by atoms with E-state index in [2.05, 4.69) is 22.6 Å². The lowest BCUT2D eigenvalue weighted by molar-refractivity contribution is 0.213. The van der Waals surface area contributed by atoms with E-state index in [-0.39, 0.29) is 0 Å². The minimum atomic E-state index is -3.34. The minimum absolute atomic E-state index is 0.400. The van der Waals surface area contributed by atoms with Gasteiger partial charge in [0.2, 0.25) is 0 Å². The summed E-state index contributed by atoms with van der Waals surface area (Å²) in [6.45, 7) is 0. The summed E-state index contributed by atoms with van der Waals surface area (Å²) in [7, 11) is -0.296. The maximum absolute atomic E-state index is 13.1. The van der Waals surface area contributed by atoms with Crippen LogP contribution in [-0.2, 0) is 13.6 Å². The van der Waals surface area contributed by atoms with Crippen LogP contribution >= 0.6 is 30.2 Å². The van der Waals surface area contributed by atoms with Gasteiger partial charge in [-0.3, -0.25) is 9.09 Å². The Hall–Kier alpha value is -1.14. The summed E-state index contributed by atoms with van der Waals surface area (Å²) in [6.07, 6.45) is -0.400. The third kappa shape index (κ3) is 3.11. The second-order valence-corrected chi connectivity index (χ2v) is 8.18. The smallest absolute Gasteiger partial charge is 0.363 e. The molecule has 2 aromatic carbocycles. The zero-order valence-electron chi connectivity index (χ0n) is 12.7. The summed E-state index contributed by atoms with van der Waals surface area (Å²) in [4.78, 5) is 0. The summed E-state index contributed by atoms with van der Waals surface area (Å²) in [5.41, 5.74) is 1.77. The maximum atomic E-state index is 13.1. The Morgan fingerprint density at radius 3 is 2.26 bits per heavy atom. The predicted octanol–water partition coefficient (Wildman–Crippen LogP) is 5.41. The summed E-state index contributed by atoms with van der Waals surface area (Å²) in [5, 5.41) is 0.641. The van der Waals surface area contributed by atoms with E-state index in [0.29, 0.717) is 5.31 Å². The number of ether oxygens (including phenoxy) is 1. The highest BCUT2D eigenvalue weighted by Gasteiger charge is 2.44. The molecule has 1 aliphatic heterocycles. The molecule has 2 atom stereocenters. The molecule has 0 aromatic heterocycles. The van der Waals surface area contributed by atoms with Gasteiger partial charge in [-0.15, -0.1) is 0 Å². The van der Waals surface area contributed by atoms with Crippen molar-refractivity contribution in [1.82, 2.24) is 0 Å². The molecule has 0 spiro atoms. The molecule has 0 N–H and O–H groups in total. The van der Waals surface area contributed by atoms with E-state index < -0.39 is 13.7 Å². The highest BCUT2D eigenvalue weighted by Crippen LogP contribution is 2.71. The second kappa shape index (κ2) is 6.77. The van der Waals surface area contributed by atoms with Crippen molar-refractivity contribution in [1.29, 1.82) is 0 Å². The Morgan fingerprint density at radius 1 is 1.04 bits per heavy atom. The van der Waals surface area contributed by atoms with Crippen LogP contribution in [0.15, 0.2) is 58.2 Å². The first-order valence-corrected chi connectivity index (χ1v) is 9.65. The van der Waals surface area contributed by atoms with Gasteiger partial charge in [0.05, 0.1) is 12.4 Å². The van der Waals surface area contributed by atoms with E-state index in [1.807, 2.05) is 54.6 Å². The number of hydrogen-bond donors (Lipinski definition) is 0. The van der Waals surface area contributed by atoms with E-state index >= 15 is 0 Å².